The van der Waals surface area contributed by atoms with Crippen LogP contribution in [0.15, 0.2) is 54.6 Å². The van der Waals surface area contributed by atoms with E-state index in [0.717, 1.165) is 5.56 Å². The lowest BCUT2D eigenvalue weighted by Crippen LogP contribution is -2.36. The van der Waals surface area contributed by atoms with Gasteiger partial charge in [0.1, 0.15) is 5.82 Å². The van der Waals surface area contributed by atoms with Crippen LogP contribution in [0, 0.1) is 5.82 Å². The molecule has 0 fully saturated rings. The van der Waals surface area contributed by atoms with Gasteiger partial charge in [-0.3, -0.25) is 0 Å². The van der Waals surface area contributed by atoms with Gasteiger partial charge in [0.25, 0.3) is 0 Å². The summed E-state index contributed by atoms with van der Waals surface area (Å²) in [6.07, 6.45) is 0. The molecule has 0 amide bonds. The lowest BCUT2D eigenvalue weighted by Gasteiger charge is -2.17. The summed E-state index contributed by atoms with van der Waals surface area (Å²) in [4.78, 5) is 0. The number of hydrogen-bond donors (Lipinski definition) is 2. The summed E-state index contributed by atoms with van der Waals surface area (Å²) in [5, 5.41) is 6.93. The van der Waals surface area contributed by atoms with E-state index in [1.165, 1.54) is 17.7 Å². The molecule has 0 aromatic heterocycles. The Hall–Kier alpha value is -1.94. The molecular weight excluding hydrogens is 271 g/mol. The number of hydrogen-bond acceptors (Lipinski definition) is 1. The molecule has 1 atom stereocenters. The molecule has 0 aliphatic heterocycles. The van der Waals surface area contributed by atoms with Gasteiger partial charge in [0, 0.05) is 6.54 Å². The number of thiocarbonyl (C=S) groups is 1. The largest absolute Gasteiger partial charge is 0.359 e. The van der Waals surface area contributed by atoms with Crippen molar-refractivity contribution in [1.82, 2.24) is 10.6 Å². The Bertz CT molecular complexity index is 554. The quantitative estimate of drug-likeness (QED) is 0.841. The molecule has 0 saturated carbocycles. The number of halogens is 1. The van der Waals surface area contributed by atoms with Crippen LogP contribution < -0.4 is 10.6 Å². The zero-order valence-corrected chi connectivity index (χ0v) is 12.1. The van der Waals surface area contributed by atoms with Crippen LogP contribution in [-0.2, 0) is 6.54 Å². The van der Waals surface area contributed by atoms with Crippen LogP contribution in [-0.4, -0.2) is 5.11 Å². The molecule has 2 aromatic rings. The summed E-state index contributed by atoms with van der Waals surface area (Å²) >= 11 is 5.26. The van der Waals surface area contributed by atoms with Crippen LogP contribution in [0.1, 0.15) is 24.1 Å². The maximum Gasteiger partial charge on any atom is 0.167 e. The Kier molecular flexibility index (Phi) is 5.07. The zero-order chi connectivity index (χ0) is 14.4. The van der Waals surface area contributed by atoms with Crippen LogP contribution >= 0.6 is 12.2 Å². The van der Waals surface area contributed by atoms with E-state index < -0.39 is 0 Å². The SMILES string of the molecule is CC(NC(=S)NCc1ccc(F)cc1)c1ccccc1. The Labute approximate surface area is 124 Å². The predicted molar refractivity (Wildman–Crippen MR) is 83.8 cm³/mol. The van der Waals surface area contributed by atoms with Crippen LogP contribution in [0.5, 0.6) is 0 Å². The molecule has 0 spiro atoms. The summed E-state index contributed by atoms with van der Waals surface area (Å²) in [7, 11) is 0. The molecule has 0 heterocycles. The summed E-state index contributed by atoms with van der Waals surface area (Å²) in [6.45, 7) is 2.63. The monoisotopic (exact) mass is 288 g/mol. The Balaban J connectivity index is 1.82. The van der Waals surface area contributed by atoms with E-state index in [4.69, 9.17) is 12.2 Å². The number of benzene rings is 2. The first-order chi connectivity index (χ1) is 9.65. The van der Waals surface area contributed by atoms with Gasteiger partial charge < -0.3 is 10.6 Å². The minimum atomic E-state index is -0.229. The summed E-state index contributed by atoms with van der Waals surface area (Å²) in [5.41, 5.74) is 2.17. The normalized spacial score (nSPS) is 11.7. The van der Waals surface area contributed by atoms with Crippen LogP contribution in [0.25, 0.3) is 0 Å². The highest BCUT2D eigenvalue weighted by molar-refractivity contribution is 7.80. The molecule has 104 valence electrons. The average Bonchev–Trinajstić information content (AvgIpc) is 2.47. The highest BCUT2D eigenvalue weighted by atomic mass is 32.1. The smallest absolute Gasteiger partial charge is 0.167 e. The maximum absolute atomic E-state index is 12.8. The van der Waals surface area contributed by atoms with Gasteiger partial charge >= 0.3 is 0 Å². The fourth-order valence-electron chi connectivity index (χ4n) is 1.86. The van der Waals surface area contributed by atoms with E-state index >= 15 is 0 Å². The van der Waals surface area contributed by atoms with Crippen LogP contribution in [0.3, 0.4) is 0 Å². The second-order valence-electron chi connectivity index (χ2n) is 4.59. The topological polar surface area (TPSA) is 24.1 Å². The van der Waals surface area contributed by atoms with Gasteiger partial charge in [-0.05, 0) is 42.4 Å². The Morgan fingerprint density at radius 1 is 1.10 bits per heavy atom. The molecule has 2 N–H and O–H groups in total. The maximum atomic E-state index is 12.8. The minimum absolute atomic E-state index is 0.143. The van der Waals surface area contributed by atoms with Crippen molar-refractivity contribution < 1.29 is 4.39 Å². The highest BCUT2D eigenvalue weighted by Crippen LogP contribution is 2.10. The summed E-state index contributed by atoms with van der Waals surface area (Å²) < 4.78 is 12.8. The van der Waals surface area contributed by atoms with E-state index in [9.17, 15) is 4.39 Å². The van der Waals surface area contributed by atoms with Crippen LogP contribution in [0.2, 0.25) is 0 Å². The number of nitrogens with one attached hydrogen (secondary N) is 2. The lowest BCUT2D eigenvalue weighted by atomic mass is 10.1. The van der Waals surface area contributed by atoms with Crippen molar-refractivity contribution in [2.75, 3.05) is 0 Å². The van der Waals surface area contributed by atoms with Crippen molar-refractivity contribution in [1.29, 1.82) is 0 Å². The van der Waals surface area contributed by atoms with Crippen molar-refractivity contribution in [3.8, 4) is 0 Å². The standard InChI is InChI=1S/C16H17FN2S/c1-12(14-5-3-2-4-6-14)19-16(20)18-11-13-7-9-15(17)10-8-13/h2-10,12H,11H2,1H3,(H2,18,19,20). The fourth-order valence-corrected chi connectivity index (χ4v) is 2.11. The third kappa shape index (κ3) is 4.31. The number of rotatable bonds is 4. The molecule has 2 nitrogen and oxygen atoms in total. The summed E-state index contributed by atoms with van der Waals surface area (Å²) in [5.74, 6) is -0.229. The molecule has 0 aliphatic carbocycles. The third-order valence-electron chi connectivity index (χ3n) is 3.01. The van der Waals surface area contributed by atoms with Gasteiger partial charge in [0.15, 0.2) is 5.11 Å². The van der Waals surface area contributed by atoms with E-state index in [2.05, 4.69) is 29.7 Å². The Morgan fingerprint density at radius 3 is 2.40 bits per heavy atom. The van der Waals surface area contributed by atoms with Gasteiger partial charge in [-0.25, -0.2) is 4.39 Å². The van der Waals surface area contributed by atoms with Gasteiger partial charge in [-0.1, -0.05) is 42.5 Å². The van der Waals surface area contributed by atoms with Crippen molar-refractivity contribution in [2.45, 2.75) is 19.5 Å². The molecule has 4 heteroatoms. The van der Waals surface area contributed by atoms with Crippen molar-refractivity contribution in [3.63, 3.8) is 0 Å². The third-order valence-corrected chi connectivity index (χ3v) is 3.28. The Morgan fingerprint density at radius 2 is 1.75 bits per heavy atom. The van der Waals surface area contributed by atoms with E-state index in [-0.39, 0.29) is 11.9 Å². The molecule has 0 aliphatic rings. The molecule has 0 bridgehead atoms. The molecule has 2 rings (SSSR count). The molecule has 0 saturated heterocycles. The first-order valence-electron chi connectivity index (χ1n) is 6.49. The van der Waals surface area contributed by atoms with E-state index in [0.29, 0.717) is 11.7 Å². The molecular formula is C16H17FN2S. The minimum Gasteiger partial charge on any atom is -0.359 e. The zero-order valence-electron chi connectivity index (χ0n) is 11.3. The van der Waals surface area contributed by atoms with Gasteiger partial charge in [-0.2, -0.15) is 0 Å². The van der Waals surface area contributed by atoms with Gasteiger partial charge in [-0.15, -0.1) is 0 Å². The fraction of sp³-hybridized carbons (Fsp3) is 0.188. The van der Waals surface area contributed by atoms with Crippen LogP contribution in [0.4, 0.5) is 4.39 Å². The molecule has 2 aromatic carbocycles. The van der Waals surface area contributed by atoms with Crippen molar-refractivity contribution in [3.05, 3.63) is 71.5 Å². The first-order valence-corrected chi connectivity index (χ1v) is 6.90. The lowest BCUT2D eigenvalue weighted by molar-refractivity contribution is 0.626. The van der Waals surface area contributed by atoms with Gasteiger partial charge in [0.05, 0.1) is 6.04 Å². The molecule has 20 heavy (non-hydrogen) atoms. The van der Waals surface area contributed by atoms with Crippen molar-refractivity contribution in [2.24, 2.45) is 0 Å². The van der Waals surface area contributed by atoms with E-state index in [1.54, 1.807) is 12.1 Å². The second kappa shape index (κ2) is 7.01. The van der Waals surface area contributed by atoms with Gasteiger partial charge in [0.2, 0.25) is 0 Å². The molecule has 1 unspecified atom stereocenters. The first kappa shape index (κ1) is 14.5. The van der Waals surface area contributed by atoms with Crippen molar-refractivity contribution >= 4 is 17.3 Å². The predicted octanol–water partition coefficient (Wildman–Crippen LogP) is 3.55. The van der Waals surface area contributed by atoms with E-state index in [1.807, 2.05) is 18.2 Å². The second-order valence-corrected chi connectivity index (χ2v) is 4.99. The summed E-state index contributed by atoms with van der Waals surface area (Å²) in [6, 6.07) is 16.6. The molecule has 0 radical (unpaired) electrons. The average molecular weight is 288 g/mol. The highest BCUT2D eigenvalue weighted by Gasteiger charge is 2.05.